The highest BCUT2D eigenvalue weighted by Crippen LogP contribution is 2.34. The van der Waals surface area contributed by atoms with Crippen LogP contribution in [0, 0.1) is 5.92 Å². The number of sulfone groups is 1. The predicted molar refractivity (Wildman–Crippen MR) is 93.2 cm³/mol. The van der Waals surface area contributed by atoms with Crippen molar-refractivity contribution in [1.82, 2.24) is 30.4 Å². The average Bonchev–Trinajstić information content (AvgIpc) is 3.35. The Bertz CT molecular complexity index is 947. The SMILES string of the molecule is O=C(N[C@@H]1CS(=O)(=O)[C@H]2CN(C(=O)Cn3cnnn3)C[C@@H]12)c1ccccc1. The summed E-state index contributed by atoms with van der Waals surface area (Å²) in [6, 6.07) is 8.13. The third-order valence-electron chi connectivity index (χ3n) is 5.09. The number of nitrogens with zero attached hydrogens (tertiary/aromatic N) is 5. The first kappa shape index (κ1) is 17.6. The summed E-state index contributed by atoms with van der Waals surface area (Å²) in [5.74, 6) is -0.980. The van der Waals surface area contributed by atoms with E-state index in [9.17, 15) is 18.0 Å². The fourth-order valence-corrected chi connectivity index (χ4v) is 6.04. The lowest BCUT2D eigenvalue weighted by atomic mass is 10.00. The van der Waals surface area contributed by atoms with Crippen LogP contribution < -0.4 is 5.32 Å². The monoisotopic (exact) mass is 390 g/mol. The van der Waals surface area contributed by atoms with Crippen LogP contribution in [0.3, 0.4) is 0 Å². The van der Waals surface area contributed by atoms with Gasteiger partial charge in [-0.05, 0) is 22.6 Å². The van der Waals surface area contributed by atoms with Crippen LogP contribution in [0.2, 0.25) is 0 Å². The van der Waals surface area contributed by atoms with Gasteiger partial charge < -0.3 is 10.2 Å². The van der Waals surface area contributed by atoms with E-state index < -0.39 is 21.1 Å². The number of tetrazole rings is 1. The second kappa shape index (κ2) is 6.72. The number of hydrogen-bond donors (Lipinski definition) is 1. The molecule has 1 N–H and O–H groups in total. The molecule has 1 aromatic heterocycles. The summed E-state index contributed by atoms with van der Waals surface area (Å²) >= 11 is 0. The molecule has 2 aromatic rings. The van der Waals surface area contributed by atoms with E-state index >= 15 is 0 Å². The Kier molecular flexibility index (Phi) is 4.38. The third-order valence-corrected chi connectivity index (χ3v) is 7.34. The van der Waals surface area contributed by atoms with Gasteiger partial charge in [0.25, 0.3) is 5.91 Å². The van der Waals surface area contributed by atoms with Crippen LogP contribution in [0.4, 0.5) is 0 Å². The highest BCUT2D eigenvalue weighted by Gasteiger charge is 2.53. The molecular weight excluding hydrogens is 372 g/mol. The van der Waals surface area contributed by atoms with Crippen molar-refractivity contribution in [2.45, 2.75) is 17.8 Å². The fraction of sp³-hybridized carbons (Fsp3) is 0.438. The Balaban J connectivity index is 1.47. The van der Waals surface area contributed by atoms with E-state index in [1.54, 1.807) is 30.3 Å². The van der Waals surface area contributed by atoms with E-state index in [0.29, 0.717) is 5.56 Å². The van der Waals surface area contributed by atoms with Crippen LogP contribution in [0.25, 0.3) is 0 Å². The molecule has 2 aliphatic rings. The second-order valence-electron chi connectivity index (χ2n) is 6.78. The Morgan fingerprint density at radius 2 is 1.96 bits per heavy atom. The molecule has 0 spiro atoms. The molecule has 3 heterocycles. The average molecular weight is 390 g/mol. The second-order valence-corrected chi connectivity index (χ2v) is 9.05. The number of amides is 2. The molecule has 0 saturated carbocycles. The van der Waals surface area contributed by atoms with E-state index in [-0.39, 0.29) is 43.1 Å². The van der Waals surface area contributed by atoms with E-state index in [1.165, 1.54) is 15.9 Å². The summed E-state index contributed by atoms with van der Waals surface area (Å²) in [4.78, 5) is 26.4. The summed E-state index contributed by atoms with van der Waals surface area (Å²) in [5, 5.41) is 12.8. The van der Waals surface area contributed by atoms with Gasteiger partial charge in [-0.2, -0.15) is 0 Å². The molecule has 27 heavy (non-hydrogen) atoms. The van der Waals surface area contributed by atoms with Crippen molar-refractivity contribution in [3.05, 3.63) is 42.2 Å². The standard InChI is InChI=1S/C16H18N6O4S/c23-15(8-22-10-17-19-20-22)21-6-12-13(9-27(25,26)14(12)7-21)18-16(24)11-4-2-1-3-5-11/h1-5,10,12-14H,6-9H2,(H,18,24)/t12-,13+,14-/m0/s1. The number of likely N-dealkylation sites (tertiary alicyclic amines) is 1. The molecule has 0 aliphatic carbocycles. The van der Waals surface area contributed by atoms with Crippen LogP contribution >= 0.6 is 0 Å². The van der Waals surface area contributed by atoms with Gasteiger partial charge in [-0.15, -0.1) is 5.10 Å². The summed E-state index contributed by atoms with van der Waals surface area (Å²) in [6.45, 7) is 0.365. The molecule has 2 fully saturated rings. The molecule has 11 heteroatoms. The van der Waals surface area contributed by atoms with Crippen molar-refractivity contribution >= 4 is 21.7 Å². The van der Waals surface area contributed by atoms with Crippen molar-refractivity contribution in [2.75, 3.05) is 18.8 Å². The van der Waals surface area contributed by atoms with Gasteiger partial charge in [0.1, 0.15) is 12.9 Å². The Hall–Kier alpha value is -2.82. The molecule has 2 aliphatic heterocycles. The fourth-order valence-electron chi connectivity index (χ4n) is 3.75. The summed E-state index contributed by atoms with van der Waals surface area (Å²) in [7, 11) is -3.39. The maximum atomic E-state index is 12.5. The summed E-state index contributed by atoms with van der Waals surface area (Å²) in [5.41, 5.74) is 0.475. The lowest BCUT2D eigenvalue weighted by Crippen LogP contribution is -2.43. The van der Waals surface area contributed by atoms with Crippen LogP contribution in [-0.4, -0.2) is 75.5 Å². The number of carbonyl (C=O) groups excluding carboxylic acids is 2. The van der Waals surface area contributed by atoms with Gasteiger partial charge in [0.2, 0.25) is 5.91 Å². The molecule has 142 valence electrons. The molecule has 0 unspecified atom stereocenters. The van der Waals surface area contributed by atoms with Gasteiger partial charge in [0, 0.05) is 30.6 Å². The van der Waals surface area contributed by atoms with Crippen molar-refractivity contribution in [1.29, 1.82) is 0 Å². The van der Waals surface area contributed by atoms with Crippen LogP contribution in [-0.2, 0) is 21.2 Å². The van der Waals surface area contributed by atoms with Gasteiger partial charge in [-0.1, -0.05) is 18.2 Å². The highest BCUT2D eigenvalue weighted by molar-refractivity contribution is 7.92. The molecule has 1 aromatic carbocycles. The maximum absolute atomic E-state index is 12.5. The molecule has 10 nitrogen and oxygen atoms in total. The lowest BCUT2D eigenvalue weighted by molar-refractivity contribution is -0.131. The van der Waals surface area contributed by atoms with Crippen molar-refractivity contribution in [2.24, 2.45) is 5.92 Å². The number of fused-ring (bicyclic) bond motifs is 1. The van der Waals surface area contributed by atoms with Crippen molar-refractivity contribution in [3.63, 3.8) is 0 Å². The normalized spacial score (nSPS) is 25.9. The Labute approximate surface area is 155 Å². The van der Waals surface area contributed by atoms with Gasteiger partial charge in [0.15, 0.2) is 9.84 Å². The van der Waals surface area contributed by atoms with Gasteiger partial charge in [-0.25, -0.2) is 13.1 Å². The van der Waals surface area contributed by atoms with E-state index in [4.69, 9.17) is 0 Å². The number of rotatable bonds is 4. The van der Waals surface area contributed by atoms with E-state index in [2.05, 4.69) is 20.8 Å². The topological polar surface area (TPSA) is 127 Å². The summed E-state index contributed by atoms with van der Waals surface area (Å²) < 4.78 is 26.4. The maximum Gasteiger partial charge on any atom is 0.251 e. The zero-order chi connectivity index (χ0) is 19.0. The predicted octanol–water partition coefficient (Wildman–Crippen LogP) is -1.27. The first-order chi connectivity index (χ1) is 12.9. The smallest absolute Gasteiger partial charge is 0.251 e. The minimum absolute atomic E-state index is 0.0481. The first-order valence-electron chi connectivity index (χ1n) is 8.50. The zero-order valence-electron chi connectivity index (χ0n) is 14.3. The van der Waals surface area contributed by atoms with Gasteiger partial charge in [0.05, 0.1) is 11.0 Å². The minimum Gasteiger partial charge on any atom is -0.348 e. The van der Waals surface area contributed by atoms with E-state index in [0.717, 1.165) is 0 Å². The van der Waals surface area contributed by atoms with Crippen molar-refractivity contribution < 1.29 is 18.0 Å². The number of nitrogens with one attached hydrogen (secondary N) is 1. The minimum atomic E-state index is -3.39. The summed E-state index contributed by atoms with van der Waals surface area (Å²) in [6.07, 6.45) is 1.33. The van der Waals surface area contributed by atoms with Crippen LogP contribution in [0.5, 0.6) is 0 Å². The molecule has 4 rings (SSSR count). The lowest BCUT2D eigenvalue weighted by Gasteiger charge is -2.21. The molecule has 2 amide bonds. The van der Waals surface area contributed by atoms with E-state index in [1.807, 2.05) is 0 Å². The number of carbonyl (C=O) groups is 2. The Morgan fingerprint density at radius 1 is 1.19 bits per heavy atom. The Morgan fingerprint density at radius 3 is 2.67 bits per heavy atom. The van der Waals surface area contributed by atoms with Gasteiger partial charge in [-0.3, -0.25) is 9.59 Å². The zero-order valence-corrected chi connectivity index (χ0v) is 15.1. The molecular formula is C16H18N6O4S. The van der Waals surface area contributed by atoms with Crippen LogP contribution in [0.15, 0.2) is 36.7 Å². The number of aromatic nitrogens is 4. The third kappa shape index (κ3) is 3.42. The van der Waals surface area contributed by atoms with Crippen LogP contribution in [0.1, 0.15) is 10.4 Å². The highest BCUT2D eigenvalue weighted by atomic mass is 32.2. The quantitative estimate of drug-likeness (QED) is 0.689. The molecule has 2 saturated heterocycles. The molecule has 0 radical (unpaired) electrons. The first-order valence-corrected chi connectivity index (χ1v) is 10.2. The molecule has 0 bridgehead atoms. The number of hydrogen-bond acceptors (Lipinski definition) is 7. The number of benzene rings is 1. The largest absolute Gasteiger partial charge is 0.348 e. The van der Waals surface area contributed by atoms with Gasteiger partial charge >= 0.3 is 0 Å². The van der Waals surface area contributed by atoms with Crippen molar-refractivity contribution in [3.8, 4) is 0 Å². The molecule has 3 atom stereocenters.